The molecule has 1 aliphatic rings. The number of fused-ring (bicyclic) bond motifs is 1. The van der Waals surface area contributed by atoms with Crippen LogP contribution >= 0.6 is 0 Å². The summed E-state index contributed by atoms with van der Waals surface area (Å²) in [5.41, 5.74) is 2.76. The van der Waals surface area contributed by atoms with Crippen LogP contribution in [-0.2, 0) is 22.5 Å². The number of amides is 2. The highest BCUT2D eigenvalue weighted by Gasteiger charge is 2.32. The highest BCUT2D eigenvalue weighted by Crippen LogP contribution is 2.32. The van der Waals surface area contributed by atoms with Crippen LogP contribution in [0.2, 0.25) is 0 Å². The molecule has 0 saturated carbocycles. The van der Waals surface area contributed by atoms with E-state index >= 15 is 0 Å². The van der Waals surface area contributed by atoms with Gasteiger partial charge in [-0.1, -0.05) is 26.0 Å². The predicted octanol–water partition coefficient (Wildman–Crippen LogP) is 3.84. The maximum atomic E-state index is 12.9. The van der Waals surface area contributed by atoms with Crippen molar-refractivity contribution in [3.63, 3.8) is 0 Å². The Bertz CT molecular complexity index is 795. The largest absolute Gasteiger partial charge is 0.466 e. The fraction of sp³-hybridized carbons (Fsp3) is 0.429. The van der Waals surface area contributed by atoms with Gasteiger partial charge < -0.3 is 19.5 Å². The molecule has 1 atom stereocenters. The minimum absolute atomic E-state index is 0.0526. The lowest BCUT2D eigenvalue weighted by molar-refractivity contribution is -0.142. The number of carbonyl (C=O) groups excluding carboxylic acids is 2. The van der Waals surface area contributed by atoms with E-state index in [1.54, 1.807) is 6.92 Å². The molecule has 2 aromatic rings. The summed E-state index contributed by atoms with van der Waals surface area (Å²) in [5.74, 6) is 0.0713. The van der Waals surface area contributed by atoms with Crippen molar-refractivity contribution in [2.24, 2.45) is 5.92 Å². The summed E-state index contributed by atoms with van der Waals surface area (Å²) >= 11 is 0. The molecule has 2 heterocycles. The van der Waals surface area contributed by atoms with Crippen LogP contribution in [0.25, 0.3) is 0 Å². The Morgan fingerprint density at radius 2 is 1.93 bits per heavy atom. The van der Waals surface area contributed by atoms with Crippen molar-refractivity contribution >= 4 is 17.7 Å². The minimum Gasteiger partial charge on any atom is -0.466 e. The Morgan fingerprint density at radius 3 is 2.59 bits per heavy atom. The van der Waals surface area contributed by atoms with Gasteiger partial charge in [-0.3, -0.25) is 4.79 Å². The van der Waals surface area contributed by atoms with E-state index in [1.807, 2.05) is 35.2 Å². The van der Waals surface area contributed by atoms with Crippen LogP contribution in [0.5, 0.6) is 0 Å². The molecule has 6 heteroatoms. The van der Waals surface area contributed by atoms with Gasteiger partial charge >= 0.3 is 12.0 Å². The molecule has 27 heavy (non-hydrogen) atoms. The lowest BCUT2D eigenvalue weighted by atomic mass is 9.97. The van der Waals surface area contributed by atoms with Gasteiger partial charge in [0.1, 0.15) is 0 Å². The average molecular weight is 369 g/mol. The standard InChI is InChI=1S/C21H27N3O3/c1-4-27-19(25)14-16-7-9-17(10-8-16)22-21(26)24-13-12-23-11-5-6-18(23)20(24)15(2)3/h5-11,15,20H,4,12-14H2,1-3H3,(H,22,26). The number of rotatable bonds is 5. The van der Waals surface area contributed by atoms with Gasteiger partial charge in [0.25, 0.3) is 0 Å². The van der Waals surface area contributed by atoms with E-state index < -0.39 is 0 Å². The molecule has 0 fully saturated rings. The lowest BCUT2D eigenvalue weighted by Crippen LogP contribution is -2.45. The molecule has 0 bridgehead atoms. The molecule has 1 aromatic carbocycles. The second-order valence-electron chi connectivity index (χ2n) is 7.12. The summed E-state index contributed by atoms with van der Waals surface area (Å²) in [7, 11) is 0. The average Bonchev–Trinajstić information content (AvgIpc) is 3.11. The van der Waals surface area contributed by atoms with Gasteiger partial charge in [-0.05, 0) is 42.7 Å². The fourth-order valence-corrected chi connectivity index (χ4v) is 3.62. The van der Waals surface area contributed by atoms with Crippen molar-refractivity contribution in [3.05, 3.63) is 53.9 Å². The van der Waals surface area contributed by atoms with Crippen molar-refractivity contribution in [1.29, 1.82) is 0 Å². The zero-order chi connectivity index (χ0) is 19.4. The molecule has 0 saturated heterocycles. The number of hydrogen-bond acceptors (Lipinski definition) is 3. The maximum absolute atomic E-state index is 12.9. The molecule has 3 rings (SSSR count). The Morgan fingerprint density at radius 1 is 1.19 bits per heavy atom. The summed E-state index contributed by atoms with van der Waals surface area (Å²) in [6.45, 7) is 7.92. The van der Waals surface area contributed by atoms with Crippen molar-refractivity contribution in [1.82, 2.24) is 9.47 Å². The quantitative estimate of drug-likeness (QED) is 0.815. The third-order valence-corrected chi connectivity index (χ3v) is 4.84. The third kappa shape index (κ3) is 4.32. The number of benzene rings is 1. The van der Waals surface area contributed by atoms with E-state index in [4.69, 9.17) is 4.74 Å². The molecular weight excluding hydrogens is 342 g/mol. The number of nitrogens with zero attached hydrogens (tertiary/aromatic N) is 2. The van der Waals surface area contributed by atoms with Crippen molar-refractivity contribution in [2.45, 2.75) is 39.8 Å². The number of aromatic nitrogens is 1. The van der Waals surface area contributed by atoms with E-state index in [9.17, 15) is 9.59 Å². The maximum Gasteiger partial charge on any atom is 0.322 e. The molecule has 1 N–H and O–H groups in total. The van der Waals surface area contributed by atoms with Crippen LogP contribution in [0.1, 0.15) is 38.1 Å². The Hall–Kier alpha value is -2.76. The van der Waals surface area contributed by atoms with Gasteiger partial charge in [-0.25, -0.2) is 4.79 Å². The Balaban J connectivity index is 1.67. The predicted molar refractivity (Wildman–Crippen MR) is 105 cm³/mol. The first-order valence-electron chi connectivity index (χ1n) is 9.46. The molecule has 144 valence electrons. The second kappa shape index (κ2) is 8.29. The van der Waals surface area contributed by atoms with Gasteiger partial charge in [-0.15, -0.1) is 0 Å². The fourth-order valence-electron chi connectivity index (χ4n) is 3.62. The smallest absolute Gasteiger partial charge is 0.322 e. The summed E-state index contributed by atoms with van der Waals surface area (Å²) in [4.78, 5) is 26.4. The molecular formula is C21H27N3O3. The number of urea groups is 1. The summed E-state index contributed by atoms with van der Waals surface area (Å²) in [5, 5.41) is 2.99. The first-order valence-corrected chi connectivity index (χ1v) is 9.46. The summed E-state index contributed by atoms with van der Waals surface area (Å²) in [6.07, 6.45) is 2.31. The van der Waals surface area contributed by atoms with E-state index in [2.05, 4.69) is 36.0 Å². The summed E-state index contributed by atoms with van der Waals surface area (Å²) < 4.78 is 7.18. The van der Waals surface area contributed by atoms with Crippen molar-refractivity contribution in [3.8, 4) is 0 Å². The third-order valence-electron chi connectivity index (χ3n) is 4.84. The monoisotopic (exact) mass is 369 g/mol. The lowest BCUT2D eigenvalue weighted by Gasteiger charge is -2.39. The van der Waals surface area contributed by atoms with Crippen LogP contribution in [0, 0.1) is 5.92 Å². The van der Waals surface area contributed by atoms with Crippen LogP contribution in [0.4, 0.5) is 10.5 Å². The van der Waals surface area contributed by atoms with Crippen molar-refractivity contribution in [2.75, 3.05) is 18.5 Å². The second-order valence-corrected chi connectivity index (χ2v) is 7.12. The van der Waals surface area contributed by atoms with Crippen LogP contribution in [0.3, 0.4) is 0 Å². The highest BCUT2D eigenvalue weighted by atomic mass is 16.5. The van der Waals surface area contributed by atoms with E-state index in [1.165, 1.54) is 5.69 Å². The van der Waals surface area contributed by atoms with Crippen LogP contribution < -0.4 is 5.32 Å². The van der Waals surface area contributed by atoms with Crippen molar-refractivity contribution < 1.29 is 14.3 Å². The first kappa shape index (κ1) is 19.0. The molecule has 1 aliphatic heterocycles. The number of hydrogen-bond donors (Lipinski definition) is 1. The highest BCUT2D eigenvalue weighted by molar-refractivity contribution is 5.89. The molecule has 6 nitrogen and oxygen atoms in total. The Labute approximate surface area is 160 Å². The van der Waals surface area contributed by atoms with Gasteiger partial charge in [0.2, 0.25) is 0 Å². The zero-order valence-corrected chi connectivity index (χ0v) is 16.1. The number of ether oxygens (including phenoxy) is 1. The van der Waals surface area contributed by atoms with Gasteiger partial charge in [0, 0.05) is 30.7 Å². The number of anilines is 1. The molecule has 0 aliphatic carbocycles. The van der Waals surface area contributed by atoms with Gasteiger partial charge in [0.15, 0.2) is 0 Å². The van der Waals surface area contributed by atoms with E-state index in [-0.39, 0.29) is 24.5 Å². The zero-order valence-electron chi connectivity index (χ0n) is 16.1. The molecule has 2 amide bonds. The molecule has 0 spiro atoms. The van der Waals surface area contributed by atoms with E-state index in [0.29, 0.717) is 19.1 Å². The Kier molecular flexibility index (Phi) is 5.84. The van der Waals surface area contributed by atoms with Crippen LogP contribution in [0.15, 0.2) is 42.6 Å². The van der Waals surface area contributed by atoms with Crippen LogP contribution in [-0.4, -0.2) is 34.6 Å². The number of esters is 1. The summed E-state index contributed by atoms with van der Waals surface area (Å²) in [6, 6.07) is 11.4. The molecule has 1 unspecified atom stereocenters. The normalized spacial score (nSPS) is 16.1. The van der Waals surface area contributed by atoms with Gasteiger partial charge in [-0.2, -0.15) is 0 Å². The minimum atomic E-state index is -0.245. The number of carbonyl (C=O) groups is 2. The van der Waals surface area contributed by atoms with Gasteiger partial charge in [0.05, 0.1) is 19.1 Å². The molecule has 1 aromatic heterocycles. The topological polar surface area (TPSA) is 63.6 Å². The van der Waals surface area contributed by atoms with E-state index in [0.717, 1.165) is 17.8 Å². The number of nitrogens with one attached hydrogen (secondary N) is 1. The SMILES string of the molecule is CCOC(=O)Cc1ccc(NC(=O)N2CCn3cccc3C2C(C)C)cc1. The first-order chi connectivity index (χ1) is 13.0. The molecule has 0 radical (unpaired) electrons.